The second-order valence-electron chi connectivity index (χ2n) is 7.75. The topological polar surface area (TPSA) is 45.2 Å². The number of pyridine rings is 1. The van der Waals surface area contributed by atoms with Crippen LogP contribution in [0.4, 0.5) is 0 Å². The maximum absolute atomic E-state index is 12.5. The van der Waals surface area contributed by atoms with Gasteiger partial charge >= 0.3 is 0 Å². The van der Waals surface area contributed by atoms with Crippen LogP contribution >= 0.6 is 23.4 Å². The summed E-state index contributed by atoms with van der Waals surface area (Å²) in [7, 11) is 0. The Kier molecular flexibility index (Phi) is 6.44. The highest BCUT2D eigenvalue weighted by atomic mass is 35.5. The highest BCUT2D eigenvalue weighted by molar-refractivity contribution is 8.00. The van der Waals surface area contributed by atoms with E-state index in [1.165, 1.54) is 41.8 Å². The highest BCUT2D eigenvalue weighted by Gasteiger charge is 2.24. The standard InChI is InChI=1S/C22H28ClN3OS/c1-2-26-11-5-6-16(26)13-24-21(27)14-28-22-17-7-3-4-8-19(17)25-20-10-9-15(23)12-18(20)22/h9-10,12,16H,2-8,11,13-14H2,1H3,(H,24,27). The summed E-state index contributed by atoms with van der Waals surface area (Å²) < 4.78 is 0. The van der Waals surface area contributed by atoms with E-state index in [9.17, 15) is 4.79 Å². The van der Waals surface area contributed by atoms with Crippen LogP contribution in [-0.4, -0.2) is 47.2 Å². The van der Waals surface area contributed by atoms with Crippen LogP contribution in [0, 0.1) is 0 Å². The Bertz CT molecular complexity index is 872. The Labute approximate surface area is 176 Å². The number of likely N-dealkylation sites (N-methyl/N-ethyl adjacent to an activating group) is 1. The van der Waals surface area contributed by atoms with E-state index in [-0.39, 0.29) is 5.91 Å². The zero-order valence-corrected chi connectivity index (χ0v) is 18.0. The van der Waals surface area contributed by atoms with Crippen LogP contribution < -0.4 is 5.32 Å². The molecule has 0 bridgehead atoms. The van der Waals surface area contributed by atoms with Crippen LogP contribution in [0.3, 0.4) is 0 Å². The van der Waals surface area contributed by atoms with E-state index in [4.69, 9.17) is 16.6 Å². The lowest BCUT2D eigenvalue weighted by Crippen LogP contribution is -2.40. The summed E-state index contributed by atoms with van der Waals surface area (Å²) in [6.07, 6.45) is 6.87. The summed E-state index contributed by atoms with van der Waals surface area (Å²) in [6, 6.07) is 6.38. The Morgan fingerprint density at radius 1 is 1.32 bits per heavy atom. The number of likely N-dealkylation sites (tertiary alicyclic amines) is 1. The molecule has 0 saturated carbocycles. The molecule has 1 aliphatic carbocycles. The van der Waals surface area contributed by atoms with Gasteiger partial charge in [0.25, 0.3) is 0 Å². The molecule has 4 nitrogen and oxygen atoms in total. The van der Waals surface area contributed by atoms with Crippen molar-refractivity contribution in [2.45, 2.75) is 56.4 Å². The second-order valence-corrected chi connectivity index (χ2v) is 9.17. The van der Waals surface area contributed by atoms with Crippen molar-refractivity contribution in [2.75, 3.05) is 25.4 Å². The maximum atomic E-state index is 12.5. The molecule has 1 aromatic heterocycles. The number of nitrogens with one attached hydrogen (secondary N) is 1. The van der Waals surface area contributed by atoms with Crippen molar-refractivity contribution in [3.05, 3.63) is 34.5 Å². The first-order valence-corrected chi connectivity index (χ1v) is 11.8. The normalized spacial score (nSPS) is 19.7. The minimum Gasteiger partial charge on any atom is -0.354 e. The van der Waals surface area contributed by atoms with Crippen molar-refractivity contribution in [3.8, 4) is 0 Å². The van der Waals surface area contributed by atoms with Gasteiger partial charge in [-0.15, -0.1) is 11.8 Å². The van der Waals surface area contributed by atoms with Gasteiger partial charge in [0.05, 0.1) is 11.3 Å². The number of hydrogen-bond donors (Lipinski definition) is 1. The number of aromatic nitrogens is 1. The van der Waals surface area contributed by atoms with Crippen LogP contribution in [0.2, 0.25) is 5.02 Å². The molecular weight excluding hydrogens is 390 g/mol. The Hall–Kier alpha value is -1.30. The zero-order chi connectivity index (χ0) is 19.5. The van der Waals surface area contributed by atoms with Gasteiger partial charge in [0, 0.05) is 33.6 Å². The fourth-order valence-electron chi connectivity index (χ4n) is 4.48. The Morgan fingerprint density at radius 2 is 2.18 bits per heavy atom. The average Bonchev–Trinajstić information content (AvgIpc) is 3.17. The molecule has 1 atom stereocenters. The van der Waals surface area contributed by atoms with Crippen molar-refractivity contribution < 1.29 is 4.79 Å². The van der Waals surface area contributed by atoms with Crippen LogP contribution in [0.5, 0.6) is 0 Å². The molecule has 2 heterocycles. The Balaban J connectivity index is 1.48. The van der Waals surface area contributed by atoms with Gasteiger partial charge in [-0.05, 0) is 75.4 Å². The SMILES string of the molecule is CCN1CCCC1CNC(=O)CSc1c2c(nc3ccc(Cl)cc13)CCCC2. The molecule has 1 N–H and O–H groups in total. The average molecular weight is 418 g/mol. The van der Waals surface area contributed by atoms with Crippen molar-refractivity contribution >= 4 is 40.2 Å². The first-order chi connectivity index (χ1) is 13.7. The van der Waals surface area contributed by atoms with E-state index >= 15 is 0 Å². The van der Waals surface area contributed by atoms with Gasteiger partial charge in [-0.2, -0.15) is 0 Å². The summed E-state index contributed by atoms with van der Waals surface area (Å²) >= 11 is 7.91. The minimum atomic E-state index is 0.115. The van der Waals surface area contributed by atoms with Crippen LogP contribution in [-0.2, 0) is 17.6 Å². The number of rotatable bonds is 6. The number of amides is 1. The molecule has 2 aliphatic rings. The van der Waals surface area contributed by atoms with E-state index in [1.54, 1.807) is 11.8 Å². The number of carbonyl (C=O) groups excluding carboxylic acids is 1. The van der Waals surface area contributed by atoms with Gasteiger partial charge in [0.15, 0.2) is 0 Å². The molecule has 28 heavy (non-hydrogen) atoms. The molecule has 1 fully saturated rings. The Morgan fingerprint density at radius 3 is 3.04 bits per heavy atom. The lowest BCUT2D eigenvalue weighted by atomic mass is 9.94. The lowest BCUT2D eigenvalue weighted by molar-refractivity contribution is -0.118. The van der Waals surface area contributed by atoms with E-state index in [1.807, 2.05) is 18.2 Å². The number of nitrogens with zero attached hydrogens (tertiary/aromatic N) is 2. The van der Waals surface area contributed by atoms with Crippen LogP contribution in [0.25, 0.3) is 10.9 Å². The summed E-state index contributed by atoms with van der Waals surface area (Å²) in [5.41, 5.74) is 3.51. The van der Waals surface area contributed by atoms with E-state index in [0.29, 0.717) is 11.8 Å². The predicted octanol–water partition coefficient (Wildman–Crippen LogP) is 4.46. The third kappa shape index (κ3) is 4.32. The molecule has 1 amide bonds. The first kappa shape index (κ1) is 20.0. The van der Waals surface area contributed by atoms with Gasteiger partial charge in [0.1, 0.15) is 0 Å². The minimum absolute atomic E-state index is 0.115. The van der Waals surface area contributed by atoms with E-state index in [2.05, 4.69) is 17.1 Å². The van der Waals surface area contributed by atoms with Gasteiger partial charge in [0.2, 0.25) is 5.91 Å². The number of thioether (sulfide) groups is 1. The first-order valence-electron chi connectivity index (χ1n) is 10.4. The van der Waals surface area contributed by atoms with Crippen molar-refractivity contribution in [2.24, 2.45) is 0 Å². The number of benzene rings is 1. The van der Waals surface area contributed by atoms with Crippen molar-refractivity contribution in [1.82, 2.24) is 15.2 Å². The summed E-state index contributed by atoms with van der Waals surface area (Å²) in [6.45, 7) is 5.17. The van der Waals surface area contributed by atoms with Gasteiger partial charge < -0.3 is 5.32 Å². The molecule has 2 aromatic rings. The van der Waals surface area contributed by atoms with Gasteiger partial charge in [-0.1, -0.05) is 18.5 Å². The fourth-order valence-corrected chi connectivity index (χ4v) is 5.74. The number of hydrogen-bond acceptors (Lipinski definition) is 4. The molecule has 0 spiro atoms. The third-order valence-corrected chi connectivity index (χ3v) is 7.36. The molecule has 0 radical (unpaired) electrons. The predicted molar refractivity (Wildman–Crippen MR) is 117 cm³/mol. The maximum Gasteiger partial charge on any atom is 0.230 e. The molecule has 1 aromatic carbocycles. The van der Waals surface area contributed by atoms with Crippen molar-refractivity contribution in [1.29, 1.82) is 0 Å². The van der Waals surface area contributed by atoms with Crippen LogP contribution in [0.1, 0.15) is 43.9 Å². The monoisotopic (exact) mass is 417 g/mol. The lowest BCUT2D eigenvalue weighted by Gasteiger charge is -2.23. The summed E-state index contributed by atoms with van der Waals surface area (Å²) in [4.78, 5) is 21.1. The zero-order valence-electron chi connectivity index (χ0n) is 16.5. The summed E-state index contributed by atoms with van der Waals surface area (Å²) in [5.74, 6) is 0.557. The quantitative estimate of drug-likeness (QED) is 0.705. The second kappa shape index (κ2) is 9.02. The number of fused-ring (bicyclic) bond motifs is 2. The molecular formula is C22H28ClN3OS. The van der Waals surface area contributed by atoms with Crippen LogP contribution in [0.15, 0.2) is 23.1 Å². The third-order valence-electron chi connectivity index (χ3n) is 5.96. The fraction of sp³-hybridized carbons (Fsp3) is 0.545. The molecule has 6 heteroatoms. The molecule has 150 valence electrons. The smallest absolute Gasteiger partial charge is 0.230 e. The van der Waals surface area contributed by atoms with Crippen molar-refractivity contribution in [3.63, 3.8) is 0 Å². The molecule has 1 saturated heterocycles. The number of halogens is 1. The molecule has 1 unspecified atom stereocenters. The van der Waals surface area contributed by atoms with E-state index < -0.39 is 0 Å². The largest absolute Gasteiger partial charge is 0.354 e. The molecule has 4 rings (SSSR count). The molecule has 1 aliphatic heterocycles. The highest BCUT2D eigenvalue weighted by Crippen LogP contribution is 2.37. The number of carbonyl (C=O) groups is 1. The van der Waals surface area contributed by atoms with Gasteiger partial charge in [-0.3, -0.25) is 14.7 Å². The van der Waals surface area contributed by atoms with Gasteiger partial charge in [-0.25, -0.2) is 0 Å². The number of aryl methyl sites for hydroxylation is 1. The van der Waals surface area contributed by atoms with E-state index in [0.717, 1.165) is 48.4 Å². The summed E-state index contributed by atoms with van der Waals surface area (Å²) in [5, 5.41) is 4.96.